The van der Waals surface area contributed by atoms with Gasteiger partial charge in [0.2, 0.25) is 0 Å². The minimum absolute atomic E-state index is 0.499. The van der Waals surface area contributed by atoms with Crippen LogP contribution in [0.2, 0.25) is 0 Å². The zero-order valence-electron chi connectivity index (χ0n) is 15.2. The molecule has 2 N–H and O–H groups in total. The van der Waals surface area contributed by atoms with E-state index in [9.17, 15) is 0 Å². The number of nitrogens with two attached hydrogens (primary N) is 1. The molecule has 138 valence electrons. The van der Waals surface area contributed by atoms with Crippen LogP contribution >= 0.6 is 11.3 Å². The highest BCUT2D eigenvalue weighted by atomic mass is 32.1. The Morgan fingerprint density at radius 2 is 1.93 bits per heavy atom. The van der Waals surface area contributed by atoms with Gasteiger partial charge in [-0.3, -0.25) is 4.90 Å². The second kappa shape index (κ2) is 6.60. The Kier molecular flexibility index (Phi) is 4.07. The van der Waals surface area contributed by atoms with Crippen molar-refractivity contribution in [3.8, 4) is 10.4 Å². The fourth-order valence-electron chi connectivity index (χ4n) is 3.65. The molecule has 1 saturated heterocycles. The maximum absolute atomic E-state index is 6.27. The summed E-state index contributed by atoms with van der Waals surface area (Å²) in [6, 6.07) is 12.5. The van der Waals surface area contributed by atoms with E-state index in [2.05, 4.69) is 51.8 Å². The average molecular weight is 379 g/mol. The smallest absolute Gasteiger partial charge is 0.152 e. The number of benzene rings is 1. The van der Waals surface area contributed by atoms with Crippen LogP contribution in [-0.2, 0) is 18.3 Å². The largest absolute Gasteiger partial charge is 0.382 e. The minimum Gasteiger partial charge on any atom is -0.382 e. The predicted molar refractivity (Wildman–Crippen MR) is 110 cm³/mol. The van der Waals surface area contributed by atoms with Crippen molar-refractivity contribution in [1.82, 2.24) is 19.4 Å². The highest BCUT2D eigenvalue weighted by Gasteiger charge is 2.20. The molecule has 27 heavy (non-hydrogen) atoms. The molecule has 4 heterocycles. The van der Waals surface area contributed by atoms with Gasteiger partial charge in [-0.25, -0.2) is 9.97 Å². The van der Waals surface area contributed by atoms with Crippen LogP contribution in [0.25, 0.3) is 31.7 Å². The van der Waals surface area contributed by atoms with E-state index in [-0.39, 0.29) is 0 Å². The van der Waals surface area contributed by atoms with Crippen molar-refractivity contribution in [1.29, 1.82) is 0 Å². The minimum atomic E-state index is 0.499. The molecule has 0 radical (unpaired) electrons. The summed E-state index contributed by atoms with van der Waals surface area (Å²) in [5.41, 5.74) is 10.3. The number of anilines is 1. The number of aryl methyl sites for hydroxylation is 1. The fourth-order valence-corrected chi connectivity index (χ4v) is 4.83. The monoisotopic (exact) mass is 379 g/mol. The summed E-state index contributed by atoms with van der Waals surface area (Å²) in [5, 5.41) is 0. The first-order valence-electron chi connectivity index (χ1n) is 9.10. The predicted octanol–water partition coefficient (Wildman–Crippen LogP) is 3.26. The molecule has 4 aromatic rings. The SMILES string of the molecule is Cn1c(CN2CCOCC2)nc2c(N)nc3cc(-c4ccccc4)sc3c21. The van der Waals surface area contributed by atoms with Crippen molar-refractivity contribution < 1.29 is 4.74 Å². The first-order valence-corrected chi connectivity index (χ1v) is 9.92. The Labute approximate surface area is 161 Å². The summed E-state index contributed by atoms with van der Waals surface area (Å²) >= 11 is 1.75. The zero-order chi connectivity index (χ0) is 18.4. The van der Waals surface area contributed by atoms with E-state index in [1.807, 2.05) is 6.07 Å². The molecule has 0 spiro atoms. The van der Waals surface area contributed by atoms with Crippen LogP contribution in [0.15, 0.2) is 36.4 Å². The molecule has 5 rings (SSSR count). The highest BCUT2D eigenvalue weighted by Crippen LogP contribution is 2.38. The number of rotatable bonds is 3. The molecule has 1 aliphatic rings. The van der Waals surface area contributed by atoms with Crippen molar-refractivity contribution >= 4 is 38.4 Å². The second-order valence-corrected chi connectivity index (χ2v) is 7.91. The van der Waals surface area contributed by atoms with Crippen LogP contribution < -0.4 is 5.73 Å². The second-order valence-electron chi connectivity index (χ2n) is 6.86. The van der Waals surface area contributed by atoms with Crippen molar-refractivity contribution in [3.63, 3.8) is 0 Å². The van der Waals surface area contributed by atoms with E-state index >= 15 is 0 Å². The van der Waals surface area contributed by atoms with Crippen LogP contribution in [0.3, 0.4) is 0 Å². The Morgan fingerprint density at radius 1 is 1.15 bits per heavy atom. The Balaban J connectivity index is 1.64. The quantitative estimate of drug-likeness (QED) is 0.592. The van der Waals surface area contributed by atoms with Gasteiger partial charge in [-0.05, 0) is 11.6 Å². The summed E-state index contributed by atoms with van der Waals surface area (Å²) in [5.74, 6) is 1.52. The molecular weight excluding hydrogens is 358 g/mol. The van der Waals surface area contributed by atoms with Gasteiger partial charge in [0.25, 0.3) is 0 Å². The van der Waals surface area contributed by atoms with E-state index in [1.165, 1.54) is 10.4 Å². The molecule has 0 unspecified atom stereocenters. The molecule has 0 atom stereocenters. The number of pyridine rings is 1. The van der Waals surface area contributed by atoms with Crippen LogP contribution in [0.5, 0.6) is 0 Å². The number of ether oxygens (including phenoxy) is 1. The van der Waals surface area contributed by atoms with Gasteiger partial charge in [0.15, 0.2) is 5.82 Å². The van der Waals surface area contributed by atoms with E-state index < -0.39 is 0 Å². The number of morpholine rings is 1. The number of fused-ring (bicyclic) bond motifs is 3. The van der Waals surface area contributed by atoms with Gasteiger partial charge in [-0.2, -0.15) is 0 Å². The van der Waals surface area contributed by atoms with Crippen LogP contribution in [0, 0.1) is 0 Å². The van der Waals surface area contributed by atoms with Crippen molar-refractivity contribution in [2.75, 3.05) is 32.0 Å². The number of aromatic nitrogens is 3. The molecule has 1 fully saturated rings. The summed E-state index contributed by atoms with van der Waals surface area (Å²) in [4.78, 5) is 13.0. The first kappa shape index (κ1) is 16.7. The molecule has 7 heteroatoms. The van der Waals surface area contributed by atoms with Crippen LogP contribution in [0.4, 0.5) is 5.82 Å². The number of nitrogens with zero attached hydrogens (tertiary/aromatic N) is 4. The Hall–Kier alpha value is -2.48. The normalized spacial score (nSPS) is 15.7. The summed E-state index contributed by atoms with van der Waals surface area (Å²) in [6.07, 6.45) is 0. The number of hydrogen-bond acceptors (Lipinski definition) is 6. The lowest BCUT2D eigenvalue weighted by atomic mass is 10.2. The summed E-state index contributed by atoms with van der Waals surface area (Å²) in [7, 11) is 2.08. The zero-order valence-corrected chi connectivity index (χ0v) is 16.0. The molecule has 1 aromatic carbocycles. The van der Waals surface area contributed by atoms with Crippen LogP contribution in [0.1, 0.15) is 5.82 Å². The molecule has 0 bridgehead atoms. The van der Waals surface area contributed by atoms with Crippen molar-refractivity contribution in [2.45, 2.75) is 6.54 Å². The maximum atomic E-state index is 6.27. The Morgan fingerprint density at radius 3 is 2.70 bits per heavy atom. The average Bonchev–Trinajstić information content (AvgIpc) is 3.25. The molecular formula is C20H21N5OS. The van der Waals surface area contributed by atoms with E-state index in [1.54, 1.807) is 11.3 Å². The van der Waals surface area contributed by atoms with E-state index in [0.717, 1.165) is 59.9 Å². The number of thiophene rings is 1. The molecule has 6 nitrogen and oxygen atoms in total. The number of hydrogen-bond donors (Lipinski definition) is 1. The van der Waals surface area contributed by atoms with Crippen molar-refractivity contribution in [3.05, 3.63) is 42.2 Å². The molecule has 0 aliphatic carbocycles. The fraction of sp³-hybridized carbons (Fsp3) is 0.300. The van der Waals surface area contributed by atoms with E-state index in [4.69, 9.17) is 15.5 Å². The van der Waals surface area contributed by atoms with Crippen LogP contribution in [-0.4, -0.2) is 45.7 Å². The molecule has 3 aromatic heterocycles. The van der Waals surface area contributed by atoms with Crippen molar-refractivity contribution in [2.24, 2.45) is 7.05 Å². The third kappa shape index (κ3) is 2.88. The molecule has 0 amide bonds. The van der Waals surface area contributed by atoms with Gasteiger partial charge < -0.3 is 15.0 Å². The lowest BCUT2D eigenvalue weighted by molar-refractivity contribution is 0.0328. The number of nitrogen functional groups attached to an aromatic ring is 1. The third-order valence-electron chi connectivity index (χ3n) is 5.13. The molecule has 0 saturated carbocycles. The number of imidazole rings is 1. The van der Waals surface area contributed by atoms with Gasteiger partial charge >= 0.3 is 0 Å². The summed E-state index contributed by atoms with van der Waals surface area (Å²) in [6.45, 7) is 4.23. The Bertz CT molecular complexity index is 1110. The van der Waals surface area contributed by atoms with Gasteiger partial charge in [-0.1, -0.05) is 30.3 Å². The van der Waals surface area contributed by atoms with E-state index in [0.29, 0.717) is 5.82 Å². The lowest BCUT2D eigenvalue weighted by Gasteiger charge is -2.26. The van der Waals surface area contributed by atoms with Gasteiger partial charge in [0.1, 0.15) is 11.3 Å². The lowest BCUT2D eigenvalue weighted by Crippen LogP contribution is -2.36. The standard InChI is InChI=1S/C20H21N5OS/c1-24-16(12-25-7-9-26-10-8-25)23-17-18(24)19-14(22-20(17)21)11-15(27-19)13-5-3-2-4-6-13/h2-6,11H,7-10,12H2,1H3,(H2,21,22). The van der Waals surface area contributed by atoms with Gasteiger partial charge in [0, 0.05) is 25.0 Å². The summed E-state index contributed by atoms with van der Waals surface area (Å²) < 4.78 is 8.77. The van der Waals surface area contributed by atoms with Gasteiger partial charge in [0.05, 0.1) is 35.5 Å². The maximum Gasteiger partial charge on any atom is 0.152 e. The topological polar surface area (TPSA) is 69.2 Å². The van der Waals surface area contributed by atoms with Gasteiger partial charge in [-0.15, -0.1) is 11.3 Å². The third-order valence-corrected chi connectivity index (χ3v) is 6.31. The first-order chi connectivity index (χ1) is 13.2. The highest BCUT2D eigenvalue weighted by molar-refractivity contribution is 7.23. The molecule has 1 aliphatic heterocycles.